The first kappa shape index (κ1) is 19.4. The van der Waals surface area contributed by atoms with E-state index in [0.29, 0.717) is 24.8 Å². The number of hydrogen-bond acceptors (Lipinski definition) is 5. The van der Waals surface area contributed by atoms with Crippen molar-refractivity contribution in [2.75, 3.05) is 44.7 Å². The molecule has 0 bridgehead atoms. The van der Waals surface area contributed by atoms with Crippen molar-refractivity contribution >= 4 is 40.7 Å². The molecular formula is C17H22Cl2N4O3. The highest BCUT2D eigenvalue weighted by atomic mass is 35.5. The van der Waals surface area contributed by atoms with Crippen LogP contribution in [0.4, 0.5) is 5.69 Å². The van der Waals surface area contributed by atoms with Crippen LogP contribution >= 0.6 is 23.2 Å². The van der Waals surface area contributed by atoms with Gasteiger partial charge in [0.2, 0.25) is 11.8 Å². The van der Waals surface area contributed by atoms with Crippen molar-refractivity contribution in [3.8, 4) is 0 Å². The first-order valence-electron chi connectivity index (χ1n) is 8.74. The van der Waals surface area contributed by atoms with Crippen LogP contribution in [0, 0.1) is 0 Å². The number of halogens is 2. The number of aromatic nitrogens is 1. The molecule has 0 aromatic carbocycles. The SMILES string of the molecule is O=C(CC(=O)N1CCC(N2CCOCC2)CC1)Nc1ccc(Cl)nc1Cl. The van der Waals surface area contributed by atoms with Gasteiger partial charge in [-0.2, -0.15) is 0 Å². The highest BCUT2D eigenvalue weighted by molar-refractivity contribution is 6.34. The summed E-state index contributed by atoms with van der Waals surface area (Å²) in [5.41, 5.74) is 0.347. The minimum absolute atomic E-state index is 0.102. The molecule has 0 unspecified atom stereocenters. The highest BCUT2D eigenvalue weighted by Gasteiger charge is 2.28. The molecule has 2 amide bonds. The fraction of sp³-hybridized carbons (Fsp3) is 0.588. The number of piperidine rings is 1. The predicted octanol–water partition coefficient (Wildman–Crippen LogP) is 2.04. The average molecular weight is 401 g/mol. The lowest BCUT2D eigenvalue weighted by molar-refractivity contribution is -0.136. The van der Waals surface area contributed by atoms with E-state index in [0.717, 1.165) is 39.1 Å². The molecule has 3 heterocycles. The number of carbonyl (C=O) groups is 2. The van der Waals surface area contributed by atoms with Crippen LogP contribution in [0.15, 0.2) is 12.1 Å². The average Bonchev–Trinajstić information content (AvgIpc) is 2.65. The summed E-state index contributed by atoms with van der Waals surface area (Å²) < 4.78 is 5.39. The van der Waals surface area contributed by atoms with Crippen LogP contribution < -0.4 is 5.32 Å². The number of likely N-dealkylation sites (tertiary alicyclic amines) is 1. The molecule has 7 nitrogen and oxygen atoms in total. The van der Waals surface area contributed by atoms with Gasteiger partial charge in [-0.3, -0.25) is 14.5 Å². The second kappa shape index (κ2) is 8.99. The number of ether oxygens (including phenoxy) is 1. The van der Waals surface area contributed by atoms with Crippen LogP contribution in [0.2, 0.25) is 10.3 Å². The predicted molar refractivity (Wildman–Crippen MR) is 99.5 cm³/mol. The third-order valence-corrected chi connectivity index (χ3v) is 5.28. The zero-order valence-electron chi connectivity index (χ0n) is 14.4. The smallest absolute Gasteiger partial charge is 0.233 e. The number of nitrogens with one attached hydrogen (secondary N) is 1. The monoisotopic (exact) mass is 400 g/mol. The van der Waals surface area contributed by atoms with Gasteiger partial charge in [-0.05, 0) is 25.0 Å². The summed E-state index contributed by atoms with van der Waals surface area (Å²) in [7, 11) is 0. The molecule has 1 aromatic heterocycles. The number of nitrogens with zero attached hydrogens (tertiary/aromatic N) is 3. The van der Waals surface area contributed by atoms with Crippen LogP contribution in [0.5, 0.6) is 0 Å². The van der Waals surface area contributed by atoms with Gasteiger partial charge in [-0.25, -0.2) is 4.98 Å². The van der Waals surface area contributed by atoms with E-state index in [9.17, 15) is 9.59 Å². The number of rotatable bonds is 4. The minimum atomic E-state index is -0.406. The Balaban J connectivity index is 1.45. The number of pyridine rings is 1. The van der Waals surface area contributed by atoms with Crippen molar-refractivity contribution in [1.29, 1.82) is 0 Å². The minimum Gasteiger partial charge on any atom is -0.379 e. The van der Waals surface area contributed by atoms with Crippen LogP contribution in [0.3, 0.4) is 0 Å². The fourth-order valence-corrected chi connectivity index (χ4v) is 3.76. The molecule has 1 aromatic rings. The number of amides is 2. The molecular weight excluding hydrogens is 379 g/mol. The van der Waals surface area contributed by atoms with Crippen LogP contribution in [-0.2, 0) is 14.3 Å². The van der Waals surface area contributed by atoms with Gasteiger partial charge in [0, 0.05) is 32.2 Å². The molecule has 0 atom stereocenters. The van der Waals surface area contributed by atoms with Crippen molar-refractivity contribution in [1.82, 2.24) is 14.8 Å². The van der Waals surface area contributed by atoms with Crippen molar-refractivity contribution in [2.24, 2.45) is 0 Å². The Hall–Kier alpha value is -1.41. The molecule has 9 heteroatoms. The molecule has 2 aliphatic rings. The maximum atomic E-state index is 12.4. The molecule has 0 spiro atoms. The quantitative estimate of drug-likeness (QED) is 0.618. The van der Waals surface area contributed by atoms with E-state index >= 15 is 0 Å². The highest BCUT2D eigenvalue weighted by Crippen LogP contribution is 2.22. The molecule has 1 N–H and O–H groups in total. The Bertz CT molecular complexity index is 659. The molecule has 0 radical (unpaired) electrons. The lowest BCUT2D eigenvalue weighted by Gasteiger charge is -2.40. The largest absolute Gasteiger partial charge is 0.379 e. The Kier molecular flexibility index (Phi) is 6.69. The second-order valence-corrected chi connectivity index (χ2v) is 7.20. The third kappa shape index (κ3) is 5.07. The van der Waals surface area contributed by atoms with Crippen molar-refractivity contribution in [2.45, 2.75) is 25.3 Å². The van der Waals surface area contributed by atoms with Gasteiger partial charge in [-0.15, -0.1) is 0 Å². The molecule has 2 saturated heterocycles. The lowest BCUT2D eigenvalue weighted by atomic mass is 10.0. The molecule has 142 valence electrons. The summed E-state index contributed by atoms with van der Waals surface area (Å²) in [6.45, 7) is 4.82. The fourth-order valence-electron chi connectivity index (χ4n) is 3.37. The van der Waals surface area contributed by atoms with Gasteiger partial charge < -0.3 is 15.0 Å². The summed E-state index contributed by atoms with van der Waals surface area (Å²) in [6.07, 6.45) is 1.65. The Morgan fingerprint density at radius 1 is 1.15 bits per heavy atom. The standard InChI is InChI=1S/C17H22Cl2N4O3/c18-14-2-1-13(17(19)21-14)20-15(24)11-16(25)23-5-3-12(4-6-23)22-7-9-26-10-8-22/h1-2,12H,3-11H2,(H,20,24). The summed E-state index contributed by atoms with van der Waals surface area (Å²) in [5, 5.41) is 2.95. The van der Waals surface area contributed by atoms with E-state index < -0.39 is 5.91 Å². The zero-order chi connectivity index (χ0) is 18.5. The van der Waals surface area contributed by atoms with Crippen LogP contribution in [-0.4, -0.2) is 72.0 Å². The van der Waals surface area contributed by atoms with E-state index in [2.05, 4.69) is 15.2 Å². The number of carbonyl (C=O) groups excluding carboxylic acids is 2. The summed E-state index contributed by atoms with van der Waals surface area (Å²) in [6, 6.07) is 3.59. The van der Waals surface area contributed by atoms with Crippen LogP contribution in [0.25, 0.3) is 0 Å². The Labute approximate surface area is 162 Å². The third-order valence-electron chi connectivity index (χ3n) is 4.78. The van der Waals surface area contributed by atoms with Gasteiger partial charge in [0.1, 0.15) is 11.6 Å². The first-order chi connectivity index (χ1) is 12.5. The van der Waals surface area contributed by atoms with Gasteiger partial charge in [-0.1, -0.05) is 23.2 Å². The van der Waals surface area contributed by atoms with Crippen LogP contribution in [0.1, 0.15) is 19.3 Å². The summed E-state index contributed by atoms with van der Waals surface area (Å²) in [4.78, 5) is 32.6. The normalized spacial score (nSPS) is 19.4. The van der Waals surface area contributed by atoms with Crippen molar-refractivity contribution < 1.29 is 14.3 Å². The summed E-state index contributed by atoms with van der Waals surface area (Å²) >= 11 is 11.7. The number of morpholine rings is 1. The van der Waals surface area contributed by atoms with Gasteiger partial charge >= 0.3 is 0 Å². The first-order valence-corrected chi connectivity index (χ1v) is 9.50. The number of anilines is 1. The van der Waals surface area contributed by atoms with Gasteiger partial charge in [0.25, 0.3) is 0 Å². The molecule has 0 aliphatic carbocycles. The molecule has 3 rings (SSSR count). The van der Waals surface area contributed by atoms with Gasteiger partial charge in [0.05, 0.1) is 18.9 Å². The van der Waals surface area contributed by atoms with E-state index in [1.807, 2.05) is 0 Å². The van der Waals surface area contributed by atoms with E-state index in [-0.39, 0.29) is 22.6 Å². The van der Waals surface area contributed by atoms with E-state index in [1.54, 1.807) is 11.0 Å². The van der Waals surface area contributed by atoms with Gasteiger partial charge in [0.15, 0.2) is 5.15 Å². The Morgan fingerprint density at radius 2 is 1.85 bits per heavy atom. The molecule has 26 heavy (non-hydrogen) atoms. The van der Waals surface area contributed by atoms with Crippen molar-refractivity contribution in [3.63, 3.8) is 0 Å². The second-order valence-electron chi connectivity index (χ2n) is 6.46. The van der Waals surface area contributed by atoms with E-state index in [1.165, 1.54) is 6.07 Å². The van der Waals surface area contributed by atoms with E-state index in [4.69, 9.17) is 27.9 Å². The lowest BCUT2D eigenvalue weighted by Crippen LogP contribution is -2.50. The Morgan fingerprint density at radius 3 is 2.50 bits per heavy atom. The van der Waals surface area contributed by atoms with Crippen molar-refractivity contribution in [3.05, 3.63) is 22.4 Å². The topological polar surface area (TPSA) is 74.8 Å². The summed E-state index contributed by atoms with van der Waals surface area (Å²) in [5.74, 6) is -0.572. The molecule has 2 fully saturated rings. The maximum Gasteiger partial charge on any atom is 0.233 e. The number of hydrogen-bond donors (Lipinski definition) is 1. The zero-order valence-corrected chi connectivity index (χ0v) is 15.9. The molecule has 2 aliphatic heterocycles. The maximum absolute atomic E-state index is 12.4. The molecule has 0 saturated carbocycles.